The summed E-state index contributed by atoms with van der Waals surface area (Å²) in [5.74, 6) is 0.861. The summed E-state index contributed by atoms with van der Waals surface area (Å²) < 4.78 is 5.86. The van der Waals surface area contributed by atoms with Gasteiger partial charge in [0.05, 0.1) is 4.92 Å². The van der Waals surface area contributed by atoms with E-state index in [1.165, 1.54) is 5.56 Å². The molecule has 0 aliphatic rings. The molecule has 1 atom stereocenters. The monoisotopic (exact) mass is 432 g/mol. The second-order valence-corrected chi connectivity index (χ2v) is 8.02. The number of hydrogen-bond donors (Lipinski definition) is 1. The number of nitro benzene ring substituents is 1. The average Bonchev–Trinajstić information content (AvgIpc) is 2.83. The highest BCUT2D eigenvalue weighted by Crippen LogP contribution is 2.24. The van der Waals surface area contributed by atoms with Crippen LogP contribution in [0.4, 0.5) is 5.69 Å². The summed E-state index contributed by atoms with van der Waals surface area (Å²) in [7, 11) is 0. The third kappa shape index (κ3) is 7.50. The van der Waals surface area contributed by atoms with Gasteiger partial charge in [0, 0.05) is 18.2 Å². The molecule has 0 aliphatic heterocycles. The van der Waals surface area contributed by atoms with Crippen molar-refractivity contribution in [3.63, 3.8) is 0 Å². The maximum absolute atomic E-state index is 11.2. The molecule has 0 heterocycles. The summed E-state index contributed by atoms with van der Waals surface area (Å²) in [6.45, 7) is 3.55. The molecule has 1 N–H and O–H groups in total. The first-order valence-electron chi connectivity index (χ1n) is 11.4. The van der Waals surface area contributed by atoms with Gasteiger partial charge in [-0.15, -0.1) is 0 Å². The molecule has 0 saturated carbocycles. The fraction of sp³-hybridized carbons (Fsp3) is 0.333. The minimum absolute atomic E-state index is 0.120. The highest BCUT2D eigenvalue weighted by Gasteiger charge is 2.14. The molecule has 0 fully saturated rings. The van der Waals surface area contributed by atoms with Crippen LogP contribution in [0.1, 0.15) is 55.3 Å². The summed E-state index contributed by atoms with van der Waals surface area (Å²) in [6.07, 6.45) is 5.28. The quantitative estimate of drug-likeness (QED) is 0.187. The third-order valence-electron chi connectivity index (χ3n) is 5.56. The fourth-order valence-corrected chi connectivity index (χ4v) is 3.72. The Balaban J connectivity index is 1.53. The van der Waals surface area contributed by atoms with E-state index in [-0.39, 0.29) is 16.7 Å². The van der Waals surface area contributed by atoms with Gasteiger partial charge < -0.3 is 10.1 Å². The zero-order chi connectivity index (χ0) is 22.6. The summed E-state index contributed by atoms with van der Waals surface area (Å²) in [5.41, 5.74) is 3.52. The van der Waals surface area contributed by atoms with Crippen LogP contribution < -0.4 is 10.1 Å². The Morgan fingerprint density at radius 3 is 2.44 bits per heavy atom. The molecule has 3 rings (SSSR count). The van der Waals surface area contributed by atoms with Crippen LogP contribution in [0, 0.1) is 10.1 Å². The van der Waals surface area contributed by atoms with Crippen molar-refractivity contribution in [1.82, 2.24) is 5.32 Å². The van der Waals surface area contributed by atoms with E-state index in [2.05, 4.69) is 36.5 Å². The van der Waals surface area contributed by atoms with Crippen molar-refractivity contribution in [2.45, 2.75) is 51.7 Å². The molecule has 0 aliphatic carbocycles. The second kappa shape index (κ2) is 12.6. The van der Waals surface area contributed by atoms with E-state index in [1.54, 1.807) is 18.2 Å². The van der Waals surface area contributed by atoms with Crippen molar-refractivity contribution in [1.29, 1.82) is 0 Å². The van der Waals surface area contributed by atoms with Gasteiger partial charge in [0.15, 0.2) is 0 Å². The normalized spacial score (nSPS) is 11.8. The van der Waals surface area contributed by atoms with Gasteiger partial charge in [0.1, 0.15) is 12.4 Å². The van der Waals surface area contributed by atoms with E-state index in [0.717, 1.165) is 55.5 Å². The number of nitrogens with zero attached hydrogens (tertiary/aromatic N) is 1. The molecule has 32 heavy (non-hydrogen) atoms. The van der Waals surface area contributed by atoms with Gasteiger partial charge in [-0.05, 0) is 48.2 Å². The van der Waals surface area contributed by atoms with Gasteiger partial charge in [-0.2, -0.15) is 0 Å². The lowest BCUT2D eigenvalue weighted by atomic mass is 9.99. The van der Waals surface area contributed by atoms with Crippen LogP contribution in [-0.2, 0) is 13.0 Å². The topological polar surface area (TPSA) is 64.4 Å². The van der Waals surface area contributed by atoms with Gasteiger partial charge in [0.25, 0.3) is 5.69 Å². The predicted molar refractivity (Wildman–Crippen MR) is 129 cm³/mol. The second-order valence-electron chi connectivity index (χ2n) is 8.02. The minimum atomic E-state index is -0.325. The molecule has 1 unspecified atom stereocenters. The van der Waals surface area contributed by atoms with Crippen molar-refractivity contribution >= 4 is 5.69 Å². The number of hydrogen-bond acceptors (Lipinski definition) is 4. The molecule has 0 saturated heterocycles. The fourth-order valence-electron chi connectivity index (χ4n) is 3.72. The highest BCUT2D eigenvalue weighted by molar-refractivity contribution is 5.36. The molecular formula is C27H32N2O3. The van der Waals surface area contributed by atoms with Gasteiger partial charge in [-0.3, -0.25) is 10.1 Å². The Hall–Kier alpha value is -3.18. The summed E-state index contributed by atoms with van der Waals surface area (Å²) in [4.78, 5) is 10.8. The largest absolute Gasteiger partial charge is 0.489 e. The zero-order valence-electron chi connectivity index (χ0n) is 18.7. The van der Waals surface area contributed by atoms with Gasteiger partial charge in [-0.1, -0.05) is 80.8 Å². The van der Waals surface area contributed by atoms with Crippen molar-refractivity contribution in [3.8, 4) is 5.75 Å². The first-order valence-corrected chi connectivity index (χ1v) is 11.4. The summed E-state index contributed by atoms with van der Waals surface area (Å²) >= 11 is 0. The molecule has 0 aromatic heterocycles. The van der Waals surface area contributed by atoms with Crippen molar-refractivity contribution in [2.75, 3.05) is 6.54 Å². The number of ether oxygens (including phenoxy) is 1. The van der Waals surface area contributed by atoms with Crippen LogP contribution in [-0.4, -0.2) is 11.5 Å². The number of non-ortho nitro benzene ring substituents is 1. The van der Waals surface area contributed by atoms with E-state index in [4.69, 9.17) is 4.74 Å². The number of benzene rings is 3. The zero-order valence-corrected chi connectivity index (χ0v) is 18.7. The van der Waals surface area contributed by atoms with E-state index in [0.29, 0.717) is 6.61 Å². The molecule has 5 heteroatoms. The van der Waals surface area contributed by atoms with E-state index in [1.807, 2.05) is 36.4 Å². The van der Waals surface area contributed by atoms with Crippen LogP contribution in [0.3, 0.4) is 0 Å². The third-order valence-corrected chi connectivity index (χ3v) is 5.56. The molecule has 3 aromatic carbocycles. The number of rotatable bonds is 13. The Labute approximate surface area is 190 Å². The SMILES string of the molecule is CCCCCC(NCCc1ccc(OCc2ccccc2)cc1)c1cccc([N+](=O)[O-])c1. The van der Waals surface area contributed by atoms with E-state index in [9.17, 15) is 10.1 Å². The van der Waals surface area contributed by atoms with Crippen LogP contribution in [0.15, 0.2) is 78.9 Å². The average molecular weight is 433 g/mol. The first kappa shape index (κ1) is 23.5. The lowest BCUT2D eigenvalue weighted by Gasteiger charge is -2.19. The smallest absolute Gasteiger partial charge is 0.269 e. The molecule has 0 radical (unpaired) electrons. The van der Waals surface area contributed by atoms with Crippen LogP contribution >= 0.6 is 0 Å². The number of nitrogens with one attached hydrogen (secondary N) is 1. The minimum Gasteiger partial charge on any atom is -0.489 e. The first-order chi connectivity index (χ1) is 15.7. The molecule has 0 bridgehead atoms. The molecule has 0 spiro atoms. The Kier molecular flexibility index (Phi) is 9.26. The van der Waals surface area contributed by atoms with Crippen molar-refractivity contribution in [2.24, 2.45) is 0 Å². The molecular weight excluding hydrogens is 400 g/mol. The van der Waals surface area contributed by atoms with Crippen LogP contribution in [0.5, 0.6) is 5.75 Å². The van der Waals surface area contributed by atoms with E-state index >= 15 is 0 Å². The number of unbranched alkanes of at least 4 members (excludes halogenated alkanes) is 2. The standard InChI is InChI=1S/C27H32N2O3/c1-2-3-5-13-27(24-11-8-12-25(20-24)29(30)31)28-19-18-22-14-16-26(17-15-22)32-21-23-9-6-4-7-10-23/h4,6-12,14-17,20,27-28H,2-3,5,13,18-19,21H2,1H3. The maximum Gasteiger partial charge on any atom is 0.269 e. The van der Waals surface area contributed by atoms with E-state index < -0.39 is 0 Å². The summed E-state index contributed by atoms with van der Waals surface area (Å²) in [5, 5.41) is 14.8. The Bertz CT molecular complexity index is 958. The predicted octanol–water partition coefficient (Wildman–Crippen LogP) is 6.63. The van der Waals surface area contributed by atoms with Crippen LogP contribution in [0.25, 0.3) is 0 Å². The lowest BCUT2D eigenvalue weighted by molar-refractivity contribution is -0.384. The van der Waals surface area contributed by atoms with Crippen molar-refractivity contribution in [3.05, 3.63) is 106 Å². The Morgan fingerprint density at radius 1 is 0.938 bits per heavy atom. The molecule has 5 nitrogen and oxygen atoms in total. The lowest BCUT2D eigenvalue weighted by Crippen LogP contribution is -2.24. The summed E-state index contributed by atoms with van der Waals surface area (Å²) in [6, 6.07) is 25.5. The van der Waals surface area contributed by atoms with Gasteiger partial charge in [-0.25, -0.2) is 0 Å². The van der Waals surface area contributed by atoms with Crippen LogP contribution in [0.2, 0.25) is 0 Å². The molecule has 3 aromatic rings. The maximum atomic E-state index is 11.2. The Morgan fingerprint density at radius 2 is 1.72 bits per heavy atom. The molecule has 0 amide bonds. The molecule has 168 valence electrons. The van der Waals surface area contributed by atoms with Gasteiger partial charge >= 0.3 is 0 Å². The van der Waals surface area contributed by atoms with Crippen molar-refractivity contribution < 1.29 is 9.66 Å². The number of nitro groups is 1. The van der Waals surface area contributed by atoms with Gasteiger partial charge in [0.2, 0.25) is 0 Å². The highest BCUT2D eigenvalue weighted by atomic mass is 16.6.